The summed E-state index contributed by atoms with van der Waals surface area (Å²) in [7, 11) is 3.41. The molecule has 1 aromatic rings. The fourth-order valence-corrected chi connectivity index (χ4v) is 3.22. The molecular formula is C13H18BrNO2. The van der Waals surface area contributed by atoms with Crippen LogP contribution in [0, 0.1) is 6.92 Å². The second-order valence-electron chi connectivity index (χ2n) is 4.33. The highest BCUT2D eigenvalue weighted by Gasteiger charge is 2.24. The maximum absolute atomic E-state index is 5.56. The summed E-state index contributed by atoms with van der Waals surface area (Å²) in [5.41, 5.74) is 2.33. The van der Waals surface area contributed by atoms with E-state index in [1.165, 1.54) is 5.56 Å². The molecule has 4 heteroatoms. The highest BCUT2D eigenvalue weighted by Crippen LogP contribution is 2.42. The molecule has 0 bridgehead atoms. The summed E-state index contributed by atoms with van der Waals surface area (Å²) in [6.07, 6.45) is 1.16. The van der Waals surface area contributed by atoms with E-state index in [0.29, 0.717) is 5.92 Å². The van der Waals surface area contributed by atoms with Crippen LogP contribution in [0.15, 0.2) is 10.5 Å². The lowest BCUT2D eigenvalue weighted by Gasteiger charge is -2.19. The van der Waals surface area contributed by atoms with E-state index >= 15 is 0 Å². The van der Waals surface area contributed by atoms with Crippen molar-refractivity contribution in [2.24, 2.45) is 0 Å². The average Bonchev–Trinajstić information content (AvgIpc) is 2.82. The fraction of sp³-hybridized carbons (Fsp3) is 0.538. The molecule has 1 fully saturated rings. The summed E-state index contributed by atoms with van der Waals surface area (Å²) in [6.45, 7) is 4.14. The molecule has 0 saturated carbocycles. The van der Waals surface area contributed by atoms with Crippen LogP contribution in [0.4, 0.5) is 0 Å². The number of ether oxygens (including phenoxy) is 2. The Hall–Kier alpha value is -0.740. The van der Waals surface area contributed by atoms with E-state index in [1.54, 1.807) is 14.2 Å². The summed E-state index contributed by atoms with van der Waals surface area (Å²) in [5.74, 6) is 2.35. The van der Waals surface area contributed by atoms with Crippen LogP contribution >= 0.6 is 15.9 Å². The Labute approximate surface area is 111 Å². The van der Waals surface area contributed by atoms with Gasteiger partial charge in [0.25, 0.3) is 0 Å². The van der Waals surface area contributed by atoms with Gasteiger partial charge in [-0.3, -0.25) is 0 Å². The Morgan fingerprint density at radius 2 is 2.00 bits per heavy atom. The van der Waals surface area contributed by atoms with Gasteiger partial charge in [-0.15, -0.1) is 0 Å². The molecule has 1 N–H and O–H groups in total. The van der Waals surface area contributed by atoms with Crippen LogP contribution in [0.3, 0.4) is 0 Å². The molecule has 1 saturated heterocycles. The molecule has 1 unspecified atom stereocenters. The topological polar surface area (TPSA) is 30.5 Å². The Bertz CT molecular complexity index is 414. The van der Waals surface area contributed by atoms with Crippen LogP contribution in [-0.2, 0) is 0 Å². The van der Waals surface area contributed by atoms with Gasteiger partial charge < -0.3 is 14.8 Å². The summed E-state index contributed by atoms with van der Waals surface area (Å²) in [6, 6.07) is 2.13. The lowest BCUT2D eigenvalue weighted by Crippen LogP contribution is -2.09. The predicted molar refractivity (Wildman–Crippen MR) is 72.2 cm³/mol. The zero-order valence-corrected chi connectivity index (χ0v) is 12.1. The molecule has 94 valence electrons. The smallest absolute Gasteiger partial charge is 0.139 e. The van der Waals surface area contributed by atoms with Crippen molar-refractivity contribution in [1.29, 1.82) is 0 Å². The first kappa shape index (κ1) is 12.7. The number of nitrogens with one attached hydrogen (secondary N) is 1. The van der Waals surface area contributed by atoms with Gasteiger partial charge in [0.1, 0.15) is 11.5 Å². The lowest BCUT2D eigenvalue weighted by atomic mass is 9.95. The van der Waals surface area contributed by atoms with Crippen molar-refractivity contribution in [2.45, 2.75) is 19.3 Å². The minimum absolute atomic E-state index is 0.533. The maximum atomic E-state index is 5.56. The number of hydrogen-bond acceptors (Lipinski definition) is 3. The van der Waals surface area contributed by atoms with Gasteiger partial charge in [0, 0.05) is 23.6 Å². The number of methoxy groups -OCH3 is 2. The summed E-state index contributed by atoms with van der Waals surface area (Å²) >= 11 is 3.57. The number of hydrogen-bond donors (Lipinski definition) is 1. The molecule has 1 heterocycles. The lowest BCUT2D eigenvalue weighted by molar-refractivity contribution is 0.381. The Morgan fingerprint density at radius 3 is 2.53 bits per heavy atom. The van der Waals surface area contributed by atoms with Crippen molar-refractivity contribution in [1.82, 2.24) is 5.32 Å². The van der Waals surface area contributed by atoms with Crippen molar-refractivity contribution in [3.05, 3.63) is 21.7 Å². The van der Waals surface area contributed by atoms with Crippen LogP contribution < -0.4 is 14.8 Å². The van der Waals surface area contributed by atoms with E-state index in [2.05, 4.69) is 27.3 Å². The highest BCUT2D eigenvalue weighted by molar-refractivity contribution is 9.10. The monoisotopic (exact) mass is 299 g/mol. The van der Waals surface area contributed by atoms with Crippen molar-refractivity contribution < 1.29 is 9.47 Å². The van der Waals surface area contributed by atoms with E-state index in [-0.39, 0.29) is 0 Å². The van der Waals surface area contributed by atoms with E-state index in [1.807, 2.05) is 6.92 Å². The molecule has 2 rings (SSSR count). The molecule has 1 aromatic carbocycles. The van der Waals surface area contributed by atoms with Gasteiger partial charge in [-0.05, 0) is 41.9 Å². The van der Waals surface area contributed by atoms with Gasteiger partial charge in [0.2, 0.25) is 0 Å². The van der Waals surface area contributed by atoms with Crippen LogP contribution in [0.25, 0.3) is 0 Å². The molecule has 0 aliphatic carbocycles. The summed E-state index contributed by atoms with van der Waals surface area (Å²) in [4.78, 5) is 0. The Morgan fingerprint density at radius 1 is 1.29 bits per heavy atom. The van der Waals surface area contributed by atoms with Gasteiger partial charge in [0.05, 0.1) is 18.7 Å². The minimum Gasteiger partial charge on any atom is -0.496 e. The third-order valence-corrected chi connectivity index (χ3v) is 3.94. The first-order valence-corrected chi connectivity index (χ1v) is 6.60. The third kappa shape index (κ3) is 2.29. The number of halogens is 1. The van der Waals surface area contributed by atoms with Crippen molar-refractivity contribution in [2.75, 3.05) is 27.3 Å². The summed E-state index contributed by atoms with van der Waals surface area (Å²) in [5, 5.41) is 3.39. The average molecular weight is 300 g/mol. The molecule has 0 radical (unpaired) electrons. The molecule has 1 aliphatic rings. The van der Waals surface area contributed by atoms with Crippen LogP contribution in [0.1, 0.15) is 23.5 Å². The van der Waals surface area contributed by atoms with Crippen LogP contribution in [0.2, 0.25) is 0 Å². The Kier molecular flexibility index (Phi) is 3.94. The van der Waals surface area contributed by atoms with Crippen LogP contribution in [-0.4, -0.2) is 27.3 Å². The highest BCUT2D eigenvalue weighted by atomic mass is 79.9. The zero-order chi connectivity index (χ0) is 12.4. The first-order chi connectivity index (χ1) is 8.19. The standard InChI is InChI=1S/C13H18BrNO2/c1-8-12(16-2)10(9-4-5-15-7-9)6-11(14)13(8)17-3/h6,9,15H,4-5,7H2,1-3H3. The van der Waals surface area contributed by atoms with Gasteiger partial charge in [-0.25, -0.2) is 0 Å². The number of rotatable bonds is 3. The van der Waals surface area contributed by atoms with Crippen LogP contribution in [0.5, 0.6) is 11.5 Å². The molecule has 1 aliphatic heterocycles. The molecule has 1 atom stereocenters. The SMILES string of the molecule is COc1c(Br)cc(C2CCNC2)c(OC)c1C. The van der Waals surface area contributed by atoms with E-state index in [9.17, 15) is 0 Å². The fourth-order valence-electron chi connectivity index (χ4n) is 2.51. The second-order valence-corrected chi connectivity index (χ2v) is 5.18. The van der Waals surface area contributed by atoms with Crippen molar-refractivity contribution in [3.63, 3.8) is 0 Å². The molecule has 0 spiro atoms. The van der Waals surface area contributed by atoms with E-state index in [4.69, 9.17) is 9.47 Å². The number of benzene rings is 1. The van der Waals surface area contributed by atoms with Gasteiger partial charge >= 0.3 is 0 Å². The van der Waals surface area contributed by atoms with Crippen molar-refractivity contribution >= 4 is 15.9 Å². The predicted octanol–water partition coefficient (Wildman–Crippen LogP) is 2.85. The third-order valence-electron chi connectivity index (χ3n) is 3.35. The van der Waals surface area contributed by atoms with Gasteiger partial charge in [-0.1, -0.05) is 0 Å². The molecule has 17 heavy (non-hydrogen) atoms. The molecule has 0 amide bonds. The minimum atomic E-state index is 0.533. The van der Waals surface area contributed by atoms with Crippen molar-refractivity contribution in [3.8, 4) is 11.5 Å². The molecule has 3 nitrogen and oxygen atoms in total. The Balaban J connectivity index is 2.51. The van der Waals surface area contributed by atoms with E-state index < -0.39 is 0 Å². The van der Waals surface area contributed by atoms with Gasteiger partial charge in [-0.2, -0.15) is 0 Å². The maximum Gasteiger partial charge on any atom is 0.139 e. The molecular weight excluding hydrogens is 282 g/mol. The van der Waals surface area contributed by atoms with Gasteiger partial charge in [0.15, 0.2) is 0 Å². The first-order valence-electron chi connectivity index (χ1n) is 5.80. The largest absolute Gasteiger partial charge is 0.496 e. The molecule has 0 aromatic heterocycles. The quantitative estimate of drug-likeness (QED) is 0.931. The summed E-state index contributed by atoms with van der Waals surface area (Å²) < 4.78 is 12.0. The zero-order valence-electron chi connectivity index (χ0n) is 10.5. The van der Waals surface area contributed by atoms with E-state index in [0.717, 1.165) is 41.0 Å². The second kappa shape index (κ2) is 5.27. The normalized spacial score (nSPS) is 19.4.